The smallest absolute Gasteiger partial charge is 0.270 e. The molecule has 3 aromatic rings. The van der Waals surface area contributed by atoms with E-state index in [1.165, 1.54) is 25.3 Å². The second-order valence-corrected chi connectivity index (χ2v) is 9.21. The highest BCUT2D eigenvalue weighted by molar-refractivity contribution is 5.94. The summed E-state index contributed by atoms with van der Waals surface area (Å²) in [4.78, 5) is 20.1. The van der Waals surface area contributed by atoms with Gasteiger partial charge in [-0.25, -0.2) is 13.9 Å². The maximum atomic E-state index is 14.4. The van der Waals surface area contributed by atoms with Crippen LogP contribution in [-0.4, -0.2) is 51.6 Å². The van der Waals surface area contributed by atoms with Crippen molar-refractivity contribution in [3.05, 3.63) is 53.6 Å². The Morgan fingerprint density at radius 2 is 1.87 bits per heavy atom. The number of rotatable bonds is 5. The lowest BCUT2D eigenvalue weighted by atomic mass is 9.93. The molecular formula is C24H30FN5O. The van der Waals surface area contributed by atoms with Gasteiger partial charge in [0, 0.05) is 30.1 Å². The van der Waals surface area contributed by atoms with Gasteiger partial charge in [0.05, 0.1) is 11.4 Å². The Hall–Kier alpha value is -2.80. The second kappa shape index (κ2) is 8.75. The number of carbonyl (C=O) groups excluding carboxylic acids is 1. The number of fused-ring (bicyclic) bond motifs is 1. The molecule has 31 heavy (non-hydrogen) atoms. The lowest BCUT2D eigenvalue weighted by Crippen LogP contribution is -2.38. The highest BCUT2D eigenvalue weighted by atomic mass is 19.1. The minimum Gasteiger partial charge on any atom is -0.349 e. The fourth-order valence-electron chi connectivity index (χ4n) is 3.91. The molecule has 4 rings (SSSR count). The van der Waals surface area contributed by atoms with Gasteiger partial charge in [0.2, 0.25) is 0 Å². The molecule has 0 bridgehead atoms. The van der Waals surface area contributed by atoms with Gasteiger partial charge in [-0.15, -0.1) is 0 Å². The average Bonchev–Trinajstić information content (AvgIpc) is 3.19. The van der Waals surface area contributed by atoms with Crippen molar-refractivity contribution in [3.8, 4) is 11.3 Å². The van der Waals surface area contributed by atoms with E-state index in [0.29, 0.717) is 29.1 Å². The first-order chi connectivity index (χ1) is 14.8. The van der Waals surface area contributed by atoms with Crippen LogP contribution in [0.3, 0.4) is 0 Å². The first-order valence-corrected chi connectivity index (χ1v) is 11.0. The van der Waals surface area contributed by atoms with Crippen molar-refractivity contribution in [2.45, 2.75) is 45.4 Å². The molecule has 0 radical (unpaired) electrons. The van der Waals surface area contributed by atoms with Gasteiger partial charge in [-0.1, -0.05) is 39.3 Å². The summed E-state index contributed by atoms with van der Waals surface area (Å²) in [5.41, 5.74) is 2.31. The van der Waals surface area contributed by atoms with Crippen molar-refractivity contribution in [1.82, 2.24) is 24.8 Å². The lowest BCUT2D eigenvalue weighted by Gasteiger charge is -2.26. The number of aromatic nitrogens is 3. The predicted octanol–water partition coefficient (Wildman–Crippen LogP) is 4.05. The third-order valence-corrected chi connectivity index (χ3v) is 5.74. The average molecular weight is 424 g/mol. The van der Waals surface area contributed by atoms with Crippen molar-refractivity contribution in [3.63, 3.8) is 0 Å². The number of carbonyl (C=O) groups is 1. The summed E-state index contributed by atoms with van der Waals surface area (Å²) in [6, 6.07) is 9.97. The molecule has 1 saturated heterocycles. The van der Waals surface area contributed by atoms with E-state index in [1.54, 1.807) is 28.8 Å². The summed E-state index contributed by atoms with van der Waals surface area (Å²) in [5, 5.41) is 7.67. The first-order valence-electron chi connectivity index (χ1n) is 11.0. The standard InChI is InChI=1S/C24H30FN5O/c1-24(2,3)21-16-22-27-19(17-9-5-6-10-18(17)25)15-20(30(22)28-21)23(31)26-11-14-29-12-7-4-8-13-29/h5-6,9-10,15-16H,4,7-8,11-14H2,1-3H3,(H,26,31). The summed E-state index contributed by atoms with van der Waals surface area (Å²) in [7, 11) is 0. The number of nitrogens with one attached hydrogen (secondary N) is 1. The van der Waals surface area contributed by atoms with Crippen LogP contribution in [0.25, 0.3) is 16.9 Å². The molecule has 1 amide bonds. The number of benzene rings is 1. The van der Waals surface area contributed by atoms with Gasteiger partial charge >= 0.3 is 0 Å². The Kier molecular flexibility index (Phi) is 6.05. The van der Waals surface area contributed by atoms with Gasteiger partial charge in [-0.05, 0) is 44.1 Å². The molecule has 1 aliphatic rings. The van der Waals surface area contributed by atoms with E-state index >= 15 is 0 Å². The Morgan fingerprint density at radius 1 is 1.13 bits per heavy atom. The Labute approximate surface area is 182 Å². The number of piperidine rings is 1. The van der Waals surface area contributed by atoms with Crippen LogP contribution in [0.15, 0.2) is 36.4 Å². The van der Waals surface area contributed by atoms with Gasteiger partial charge in [0.15, 0.2) is 5.65 Å². The van der Waals surface area contributed by atoms with Gasteiger partial charge in [0.25, 0.3) is 5.91 Å². The van der Waals surface area contributed by atoms with Gasteiger partial charge < -0.3 is 10.2 Å². The minimum absolute atomic E-state index is 0.201. The molecule has 1 N–H and O–H groups in total. The predicted molar refractivity (Wildman–Crippen MR) is 120 cm³/mol. The quantitative estimate of drug-likeness (QED) is 0.673. The molecule has 6 nitrogen and oxygen atoms in total. The number of amides is 1. The molecule has 0 saturated carbocycles. The monoisotopic (exact) mass is 423 g/mol. The molecule has 164 valence electrons. The molecule has 0 spiro atoms. The van der Waals surface area contributed by atoms with Crippen LogP contribution in [-0.2, 0) is 5.41 Å². The van der Waals surface area contributed by atoms with E-state index in [1.807, 2.05) is 6.07 Å². The fraction of sp³-hybridized carbons (Fsp3) is 0.458. The summed E-state index contributed by atoms with van der Waals surface area (Å²) in [6.07, 6.45) is 3.72. The van der Waals surface area contributed by atoms with Crippen molar-refractivity contribution in [2.75, 3.05) is 26.2 Å². The van der Waals surface area contributed by atoms with Crippen molar-refractivity contribution >= 4 is 11.6 Å². The first kappa shape index (κ1) is 21.4. The zero-order valence-electron chi connectivity index (χ0n) is 18.5. The molecule has 0 aliphatic carbocycles. The van der Waals surface area contributed by atoms with E-state index in [0.717, 1.165) is 25.3 Å². The van der Waals surface area contributed by atoms with Crippen molar-refractivity contribution in [2.24, 2.45) is 0 Å². The van der Waals surface area contributed by atoms with Crippen LogP contribution < -0.4 is 5.32 Å². The van der Waals surface area contributed by atoms with Gasteiger partial charge in [-0.3, -0.25) is 4.79 Å². The number of nitrogens with zero attached hydrogens (tertiary/aromatic N) is 4. The highest BCUT2D eigenvalue weighted by Gasteiger charge is 2.22. The molecule has 1 fully saturated rings. The zero-order valence-corrected chi connectivity index (χ0v) is 18.5. The van der Waals surface area contributed by atoms with Gasteiger partial charge in [0.1, 0.15) is 11.5 Å². The molecule has 0 atom stereocenters. The summed E-state index contributed by atoms with van der Waals surface area (Å²) >= 11 is 0. The van der Waals surface area contributed by atoms with Crippen LogP contribution in [0.1, 0.15) is 56.2 Å². The Morgan fingerprint density at radius 3 is 2.58 bits per heavy atom. The van der Waals surface area contributed by atoms with E-state index in [9.17, 15) is 9.18 Å². The molecule has 1 aromatic carbocycles. The number of hydrogen-bond donors (Lipinski definition) is 1. The van der Waals surface area contributed by atoms with E-state index < -0.39 is 0 Å². The topological polar surface area (TPSA) is 62.5 Å². The van der Waals surface area contributed by atoms with E-state index in [2.05, 4.69) is 41.1 Å². The Balaban J connectivity index is 1.66. The van der Waals surface area contributed by atoms with Crippen molar-refractivity contribution in [1.29, 1.82) is 0 Å². The van der Waals surface area contributed by atoms with Crippen LogP contribution in [0.4, 0.5) is 4.39 Å². The number of likely N-dealkylation sites (tertiary alicyclic amines) is 1. The van der Waals surface area contributed by atoms with E-state index in [4.69, 9.17) is 0 Å². The molecule has 0 unspecified atom stereocenters. The molecule has 1 aliphatic heterocycles. The second-order valence-electron chi connectivity index (χ2n) is 9.21. The SMILES string of the molecule is CC(C)(C)c1cc2nc(-c3ccccc3F)cc(C(=O)NCCN3CCCCC3)n2n1. The maximum Gasteiger partial charge on any atom is 0.270 e. The van der Waals surface area contributed by atoms with Gasteiger partial charge in [-0.2, -0.15) is 5.10 Å². The summed E-state index contributed by atoms with van der Waals surface area (Å²) < 4.78 is 16.0. The third kappa shape index (κ3) is 4.77. The fourth-order valence-corrected chi connectivity index (χ4v) is 3.91. The number of hydrogen-bond acceptors (Lipinski definition) is 4. The minimum atomic E-state index is -0.369. The normalized spacial score (nSPS) is 15.4. The molecule has 2 aromatic heterocycles. The van der Waals surface area contributed by atoms with Crippen molar-refractivity contribution < 1.29 is 9.18 Å². The van der Waals surface area contributed by atoms with Crippen LogP contribution in [0.5, 0.6) is 0 Å². The molecule has 7 heteroatoms. The lowest BCUT2D eigenvalue weighted by molar-refractivity contribution is 0.0939. The maximum absolute atomic E-state index is 14.4. The molecule has 3 heterocycles. The zero-order chi connectivity index (χ0) is 22.0. The summed E-state index contributed by atoms with van der Waals surface area (Å²) in [6.45, 7) is 9.74. The van der Waals surface area contributed by atoms with Crippen LogP contribution >= 0.6 is 0 Å². The molecular weight excluding hydrogens is 393 g/mol. The van der Waals surface area contributed by atoms with Crippen LogP contribution in [0.2, 0.25) is 0 Å². The third-order valence-electron chi connectivity index (χ3n) is 5.74. The summed E-state index contributed by atoms with van der Waals surface area (Å²) in [5.74, 6) is -0.600. The van der Waals surface area contributed by atoms with Crippen LogP contribution in [0, 0.1) is 5.82 Å². The number of halogens is 1. The highest BCUT2D eigenvalue weighted by Crippen LogP contribution is 2.26. The van der Waals surface area contributed by atoms with E-state index in [-0.39, 0.29) is 17.1 Å². The largest absolute Gasteiger partial charge is 0.349 e. The Bertz CT molecular complexity index is 1080.